The average molecular weight is 324 g/mol. The van der Waals surface area contributed by atoms with Gasteiger partial charge in [-0.25, -0.2) is 9.97 Å². The molecule has 22 heavy (non-hydrogen) atoms. The van der Waals surface area contributed by atoms with E-state index in [1.807, 2.05) is 12.1 Å². The van der Waals surface area contributed by atoms with Gasteiger partial charge in [-0.3, -0.25) is 0 Å². The molecule has 1 N–H and O–H groups in total. The molecular weight excluding hydrogens is 312 g/mol. The van der Waals surface area contributed by atoms with E-state index in [4.69, 9.17) is 5.26 Å². The lowest BCUT2D eigenvalue weighted by Gasteiger charge is -2.02. The first-order valence-electron chi connectivity index (χ1n) is 6.98. The number of nitrogens with zero attached hydrogens (tertiary/aromatic N) is 3. The molecule has 3 aromatic rings. The van der Waals surface area contributed by atoms with Gasteiger partial charge in [-0.05, 0) is 30.5 Å². The van der Waals surface area contributed by atoms with Crippen LogP contribution in [0.1, 0.15) is 18.9 Å². The zero-order valence-corrected chi connectivity index (χ0v) is 13.5. The first-order valence-corrected chi connectivity index (χ1v) is 8.61. The van der Waals surface area contributed by atoms with E-state index in [0.717, 1.165) is 32.2 Å². The molecule has 4 nitrogen and oxygen atoms in total. The molecule has 0 radical (unpaired) electrons. The predicted molar refractivity (Wildman–Crippen MR) is 91.7 cm³/mol. The third-order valence-electron chi connectivity index (χ3n) is 3.53. The Labute approximate surface area is 135 Å². The van der Waals surface area contributed by atoms with Gasteiger partial charge in [-0.1, -0.05) is 41.7 Å². The molecule has 0 bridgehead atoms. The van der Waals surface area contributed by atoms with Crippen molar-refractivity contribution in [1.29, 1.82) is 5.26 Å². The maximum atomic E-state index is 8.96. The molecule has 0 amide bonds. The molecule has 6 heteroatoms. The van der Waals surface area contributed by atoms with Crippen LogP contribution in [0.3, 0.4) is 0 Å². The van der Waals surface area contributed by atoms with Gasteiger partial charge in [0.05, 0.1) is 31.7 Å². The topological polar surface area (TPSA) is 61.6 Å². The highest BCUT2D eigenvalue weighted by Gasteiger charge is 2.09. The molecule has 108 valence electrons. The molecule has 2 heterocycles. The van der Waals surface area contributed by atoms with Crippen molar-refractivity contribution in [2.45, 2.75) is 13.3 Å². The second-order valence-corrected chi connectivity index (χ2v) is 7.35. The molecule has 1 atom stereocenters. The Balaban J connectivity index is 1.70. The van der Waals surface area contributed by atoms with Crippen molar-refractivity contribution >= 4 is 55.3 Å². The molecule has 0 fully saturated rings. The van der Waals surface area contributed by atoms with Gasteiger partial charge in [0, 0.05) is 0 Å². The van der Waals surface area contributed by atoms with Crippen LogP contribution in [0.5, 0.6) is 0 Å². The predicted octanol–water partition coefficient (Wildman–Crippen LogP) is 2.97. The van der Waals surface area contributed by atoms with Crippen molar-refractivity contribution in [2.75, 3.05) is 5.32 Å². The van der Waals surface area contributed by atoms with Crippen molar-refractivity contribution in [2.24, 2.45) is 5.92 Å². The van der Waals surface area contributed by atoms with Crippen LogP contribution in [0.2, 0.25) is 0 Å². The maximum Gasteiger partial charge on any atom is 0.190 e. The number of hydrogen-bond donors (Lipinski definition) is 1. The Kier molecular flexibility index (Phi) is 3.17. The van der Waals surface area contributed by atoms with Gasteiger partial charge in [0.2, 0.25) is 0 Å². The van der Waals surface area contributed by atoms with Crippen LogP contribution < -0.4 is 15.2 Å². The SMILES string of the molecule is C[C@@H]1C=c2sc(Nc3nc4ccc(C#N)cc4s3)nc2=CC1. The summed E-state index contributed by atoms with van der Waals surface area (Å²) in [4.78, 5) is 9.17. The zero-order chi connectivity index (χ0) is 15.1. The van der Waals surface area contributed by atoms with E-state index < -0.39 is 0 Å². The lowest BCUT2D eigenvalue weighted by molar-refractivity contribution is 0.800. The molecule has 0 aliphatic heterocycles. The molecule has 0 saturated carbocycles. The highest BCUT2D eigenvalue weighted by Crippen LogP contribution is 2.28. The van der Waals surface area contributed by atoms with Crippen LogP contribution in [0.15, 0.2) is 18.2 Å². The average Bonchev–Trinajstić information content (AvgIpc) is 3.08. The van der Waals surface area contributed by atoms with Gasteiger partial charge in [-0.2, -0.15) is 5.26 Å². The van der Waals surface area contributed by atoms with Crippen LogP contribution >= 0.6 is 22.7 Å². The Morgan fingerprint density at radius 2 is 2.14 bits per heavy atom. The van der Waals surface area contributed by atoms with E-state index >= 15 is 0 Å². The van der Waals surface area contributed by atoms with Gasteiger partial charge >= 0.3 is 0 Å². The smallest absolute Gasteiger partial charge is 0.190 e. The molecule has 1 aliphatic carbocycles. The highest BCUT2D eigenvalue weighted by molar-refractivity contribution is 7.22. The quantitative estimate of drug-likeness (QED) is 0.787. The molecule has 1 aromatic carbocycles. The van der Waals surface area contributed by atoms with Crippen molar-refractivity contribution in [3.05, 3.63) is 33.6 Å². The number of aromatic nitrogens is 2. The number of fused-ring (bicyclic) bond motifs is 2. The summed E-state index contributed by atoms with van der Waals surface area (Å²) in [5, 5.41) is 15.0. The minimum Gasteiger partial charge on any atom is -0.307 e. The fourth-order valence-electron chi connectivity index (χ4n) is 2.43. The van der Waals surface area contributed by atoms with E-state index in [9.17, 15) is 0 Å². The molecule has 0 saturated heterocycles. The van der Waals surface area contributed by atoms with Crippen molar-refractivity contribution < 1.29 is 0 Å². The second kappa shape index (κ2) is 5.20. The Bertz CT molecular complexity index is 1020. The third kappa shape index (κ3) is 2.39. The number of anilines is 2. The van der Waals surface area contributed by atoms with E-state index in [-0.39, 0.29) is 0 Å². The fraction of sp³-hybridized carbons (Fsp3) is 0.188. The largest absolute Gasteiger partial charge is 0.307 e. The van der Waals surface area contributed by atoms with Crippen molar-refractivity contribution in [1.82, 2.24) is 9.97 Å². The maximum absolute atomic E-state index is 8.96. The lowest BCUT2D eigenvalue weighted by atomic mass is 10.1. The minimum absolute atomic E-state index is 0.577. The van der Waals surface area contributed by atoms with Gasteiger partial charge in [-0.15, -0.1) is 0 Å². The Hall–Kier alpha value is -2.23. The van der Waals surface area contributed by atoms with E-state index in [1.54, 1.807) is 28.7 Å². The minimum atomic E-state index is 0.577. The first-order chi connectivity index (χ1) is 10.7. The van der Waals surface area contributed by atoms with E-state index in [1.165, 1.54) is 4.53 Å². The lowest BCUT2D eigenvalue weighted by Crippen LogP contribution is -2.25. The van der Waals surface area contributed by atoms with Crippen LogP contribution in [-0.2, 0) is 0 Å². The summed E-state index contributed by atoms with van der Waals surface area (Å²) < 4.78 is 2.24. The van der Waals surface area contributed by atoms with Gasteiger partial charge in [0.25, 0.3) is 0 Å². The molecular formula is C16H12N4S2. The molecule has 1 aliphatic rings. The summed E-state index contributed by atoms with van der Waals surface area (Å²) in [6, 6.07) is 7.70. The van der Waals surface area contributed by atoms with Gasteiger partial charge in [0.1, 0.15) is 0 Å². The van der Waals surface area contributed by atoms with Gasteiger partial charge < -0.3 is 5.32 Å². The first kappa shape index (κ1) is 13.4. The van der Waals surface area contributed by atoms with Crippen molar-refractivity contribution in [3.8, 4) is 6.07 Å². The molecule has 2 aromatic heterocycles. The number of rotatable bonds is 2. The standard InChI is InChI=1S/C16H12N4S2/c1-9-2-4-11-13(6-9)21-15(18-11)20-16-19-12-5-3-10(8-17)7-14(12)22-16/h3-7,9H,2H2,1H3,(H,18,19,20)/t9-/m0/s1. The molecule has 0 spiro atoms. The Morgan fingerprint density at radius 3 is 3.00 bits per heavy atom. The second-order valence-electron chi connectivity index (χ2n) is 5.29. The number of hydrogen-bond acceptors (Lipinski definition) is 6. The molecule has 0 unspecified atom stereocenters. The van der Waals surface area contributed by atoms with Crippen LogP contribution in [0.25, 0.3) is 22.4 Å². The summed E-state index contributed by atoms with van der Waals surface area (Å²) in [5.41, 5.74) is 1.56. The summed E-state index contributed by atoms with van der Waals surface area (Å²) in [5.74, 6) is 0.577. The number of thiazole rings is 2. The van der Waals surface area contributed by atoms with E-state index in [2.05, 4.69) is 40.4 Å². The summed E-state index contributed by atoms with van der Waals surface area (Å²) in [6.07, 6.45) is 5.52. The fourth-order valence-corrected chi connectivity index (χ4v) is 4.43. The normalized spacial score (nSPS) is 16.5. The Morgan fingerprint density at radius 1 is 1.27 bits per heavy atom. The summed E-state index contributed by atoms with van der Waals surface area (Å²) in [7, 11) is 0. The van der Waals surface area contributed by atoms with Crippen molar-refractivity contribution in [3.63, 3.8) is 0 Å². The number of nitriles is 1. The number of nitrogens with one attached hydrogen (secondary N) is 1. The summed E-state index contributed by atoms with van der Waals surface area (Å²) >= 11 is 3.20. The van der Waals surface area contributed by atoms with E-state index in [0.29, 0.717) is 11.5 Å². The monoisotopic (exact) mass is 324 g/mol. The zero-order valence-electron chi connectivity index (χ0n) is 11.8. The highest BCUT2D eigenvalue weighted by atomic mass is 32.1. The summed E-state index contributed by atoms with van der Waals surface area (Å²) in [6.45, 7) is 2.21. The van der Waals surface area contributed by atoms with Crippen LogP contribution in [-0.4, -0.2) is 9.97 Å². The van der Waals surface area contributed by atoms with Crippen LogP contribution in [0, 0.1) is 17.2 Å². The van der Waals surface area contributed by atoms with Gasteiger partial charge in [0.15, 0.2) is 10.3 Å². The number of benzene rings is 1. The van der Waals surface area contributed by atoms with Crippen LogP contribution in [0.4, 0.5) is 10.3 Å². The third-order valence-corrected chi connectivity index (χ3v) is 5.42. The molecule has 4 rings (SSSR count).